The van der Waals surface area contributed by atoms with Crippen LogP contribution in [0.5, 0.6) is 0 Å². The molecule has 3 heterocycles. The van der Waals surface area contributed by atoms with Crippen molar-refractivity contribution in [2.24, 2.45) is 5.92 Å². The van der Waals surface area contributed by atoms with E-state index >= 15 is 0 Å². The first-order chi connectivity index (χ1) is 31.7. The van der Waals surface area contributed by atoms with Crippen LogP contribution >= 0.6 is 0 Å². The Morgan fingerprint density at radius 3 is 1.60 bits per heavy atom. The van der Waals surface area contributed by atoms with Crippen molar-refractivity contribution in [3.05, 3.63) is 47.5 Å². The third-order valence-corrected chi connectivity index (χ3v) is 13.9. The van der Waals surface area contributed by atoms with Crippen molar-refractivity contribution in [3.63, 3.8) is 0 Å². The maximum absolute atomic E-state index is 12.7. The number of nitrogens with one attached hydrogen (secondary N) is 4. The van der Waals surface area contributed by atoms with Crippen LogP contribution in [0.1, 0.15) is 24.0 Å². The van der Waals surface area contributed by atoms with Gasteiger partial charge in [0.15, 0.2) is 5.54 Å². The standard InChI is InChI=1S/C36H50N12O16S4/c1-47(19-23(20-51)9-13-49)34-43-30(37-11-15-65(53,54)55)41-32(44-34)39-26-7-5-24(28(17-26)67(59,60)61)3-4-25-6-8-27(18-29(25)68(62,63)64)40-33-42-31(38-12-16-66(56,57)58)45-35(46-33)48(2)21-36(48,22-52)10-14-50/h3-8,17-18,23,49-52H,9-16,19-22H2,1-2H3,(H7-,37,38,39,40,41,42,43,44,45,46,53,54,55,56,57,58,59,60,61,62,63,64)/p+1. The summed E-state index contributed by atoms with van der Waals surface area (Å²) in [5, 5.41) is 49.8. The van der Waals surface area contributed by atoms with E-state index in [1.165, 1.54) is 29.2 Å². The highest BCUT2D eigenvalue weighted by Crippen LogP contribution is 2.46. The molecule has 0 aliphatic carbocycles. The van der Waals surface area contributed by atoms with Gasteiger partial charge in [-0.15, -0.1) is 9.97 Å². The number of anilines is 7. The molecule has 32 heteroatoms. The topological polar surface area (TPSA) is 427 Å². The Bertz CT molecular complexity index is 2950. The van der Waals surface area contributed by atoms with Crippen LogP contribution in [0.15, 0.2) is 46.2 Å². The summed E-state index contributed by atoms with van der Waals surface area (Å²) in [5.74, 6) is -2.53. The lowest BCUT2D eigenvalue weighted by atomic mass is 10.1. The van der Waals surface area contributed by atoms with E-state index in [1.807, 2.05) is 0 Å². The van der Waals surface area contributed by atoms with Crippen molar-refractivity contribution in [1.29, 1.82) is 0 Å². The number of aromatic nitrogens is 6. The molecule has 1 saturated heterocycles. The van der Waals surface area contributed by atoms with E-state index in [0.717, 1.165) is 24.3 Å². The maximum Gasteiger partial charge on any atom is 0.336 e. The number of quaternary nitrogens is 1. The van der Waals surface area contributed by atoms with Gasteiger partial charge in [0.25, 0.3) is 40.5 Å². The lowest BCUT2D eigenvalue weighted by molar-refractivity contribution is 0.181. The molecule has 0 radical (unpaired) electrons. The third kappa shape index (κ3) is 14.3. The van der Waals surface area contributed by atoms with Gasteiger partial charge in [-0.05, 0) is 41.8 Å². The maximum atomic E-state index is 12.7. The number of aliphatic hydroxyl groups is 4. The summed E-state index contributed by atoms with van der Waals surface area (Å²) in [7, 11) is -15.5. The van der Waals surface area contributed by atoms with Crippen LogP contribution in [0.3, 0.4) is 0 Å². The highest BCUT2D eigenvalue weighted by molar-refractivity contribution is 7.86. The van der Waals surface area contributed by atoms with Gasteiger partial charge in [0, 0.05) is 70.2 Å². The second kappa shape index (κ2) is 21.5. The Hall–Kier alpha value is -5.36. The van der Waals surface area contributed by atoms with E-state index in [9.17, 15) is 67.8 Å². The Morgan fingerprint density at radius 2 is 1.16 bits per heavy atom. The SMILES string of the molecule is CN(CC(CO)CCO)c1nc(NCCS(=O)(=O)O)nc(Nc2ccc(C=Cc3ccc(Nc4nc(NCCS(=O)(=O)O)nc([N+]5(C)CC5(CO)CCO)n4)cc3S(=O)(=O)O)c(S(=O)(=O)O)c2)n1. The number of rotatable bonds is 26. The molecule has 1 fully saturated rings. The molecule has 3 unspecified atom stereocenters. The van der Waals surface area contributed by atoms with Gasteiger partial charge in [0.05, 0.1) is 18.6 Å². The molecule has 28 nitrogen and oxygen atoms in total. The minimum atomic E-state index is -5.01. The highest BCUT2D eigenvalue weighted by atomic mass is 32.2. The molecule has 0 bridgehead atoms. The quantitative estimate of drug-likeness (QED) is 0.0160. The van der Waals surface area contributed by atoms with E-state index in [4.69, 9.17) is 4.55 Å². The molecule has 68 heavy (non-hydrogen) atoms. The van der Waals surface area contributed by atoms with Gasteiger partial charge in [-0.25, -0.2) is 4.48 Å². The fourth-order valence-corrected chi connectivity index (χ4v) is 9.05. The molecule has 0 spiro atoms. The van der Waals surface area contributed by atoms with Crippen LogP contribution in [0.25, 0.3) is 12.2 Å². The van der Waals surface area contributed by atoms with E-state index in [2.05, 4.69) is 51.2 Å². The smallest absolute Gasteiger partial charge is 0.336 e. The summed E-state index contributed by atoms with van der Waals surface area (Å²) < 4.78 is 135. The predicted molar refractivity (Wildman–Crippen MR) is 247 cm³/mol. The number of hydrogen-bond acceptors (Lipinski definition) is 23. The second-order valence-corrected chi connectivity index (χ2v) is 21.6. The predicted octanol–water partition coefficient (Wildman–Crippen LogP) is -0.702. The molecule has 2 aromatic heterocycles. The number of likely N-dealkylation sites (N-methyl/N-ethyl adjacent to an activating group) is 1. The third-order valence-electron chi connectivity index (χ3n) is 10.6. The molecule has 0 amide bonds. The summed E-state index contributed by atoms with van der Waals surface area (Å²) in [5.41, 5.74) is -1.21. The highest BCUT2D eigenvalue weighted by Gasteiger charge is 2.69. The molecule has 4 aromatic rings. The zero-order valence-electron chi connectivity index (χ0n) is 36.2. The molecule has 12 N–H and O–H groups in total. The van der Waals surface area contributed by atoms with Crippen LogP contribution in [0, 0.1) is 5.92 Å². The monoisotopic (exact) mass is 1040 g/mol. The number of benzene rings is 2. The summed E-state index contributed by atoms with van der Waals surface area (Å²) in [4.78, 5) is 25.8. The van der Waals surface area contributed by atoms with Crippen LogP contribution in [0.4, 0.5) is 47.1 Å². The number of nitrogens with zero attached hydrogens (tertiary/aromatic N) is 8. The first kappa shape index (κ1) is 53.6. The Labute approximate surface area is 390 Å². The average Bonchev–Trinajstić information content (AvgIpc) is 3.85. The van der Waals surface area contributed by atoms with Gasteiger partial charge in [-0.2, -0.15) is 53.6 Å². The van der Waals surface area contributed by atoms with Crippen LogP contribution < -0.4 is 30.7 Å². The molecule has 0 saturated carbocycles. The fraction of sp³-hybridized carbons (Fsp3) is 0.444. The van der Waals surface area contributed by atoms with Gasteiger partial charge in [0.1, 0.15) is 22.9 Å². The van der Waals surface area contributed by atoms with Crippen molar-refractivity contribution in [2.45, 2.75) is 28.2 Å². The summed E-state index contributed by atoms with van der Waals surface area (Å²) in [6.07, 6.45) is 2.69. The van der Waals surface area contributed by atoms with Crippen molar-refractivity contribution >= 4 is 99.7 Å². The Morgan fingerprint density at radius 1 is 0.691 bits per heavy atom. The first-order valence-electron chi connectivity index (χ1n) is 20.1. The van der Waals surface area contributed by atoms with E-state index < -0.39 is 73.2 Å². The van der Waals surface area contributed by atoms with Crippen molar-refractivity contribution in [2.75, 3.05) is 104 Å². The van der Waals surface area contributed by atoms with Gasteiger partial charge >= 0.3 is 5.95 Å². The van der Waals surface area contributed by atoms with Gasteiger partial charge in [-0.1, -0.05) is 24.3 Å². The van der Waals surface area contributed by atoms with Gasteiger partial charge in [0.2, 0.25) is 29.7 Å². The van der Waals surface area contributed by atoms with Crippen LogP contribution in [-0.2, 0) is 40.5 Å². The molecule has 1 aliphatic heterocycles. The summed E-state index contributed by atoms with van der Waals surface area (Å²) in [6.45, 7) is -1.33. The van der Waals surface area contributed by atoms with Crippen LogP contribution in [-0.4, -0.2) is 186 Å². The fourth-order valence-electron chi connectivity index (χ4n) is 6.91. The molecule has 374 valence electrons. The van der Waals surface area contributed by atoms with E-state index in [1.54, 1.807) is 14.1 Å². The molecular weight excluding hydrogens is 985 g/mol. The second-order valence-electron chi connectivity index (χ2n) is 15.7. The number of hydrogen-bond donors (Lipinski definition) is 12. The van der Waals surface area contributed by atoms with Gasteiger partial charge < -0.3 is 46.6 Å². The minimum absolute atomic E-state index is 0.00932. The van der Waals surface area contributed by atoms with Crippen molar-refractivity contribution < 1.29 is 72.3 Å². The average molecular weight is 1040 g/mol. The number of aliphatic hydroxyl groups excluding tert-OH is 4. The molecule has 3 atom stereocenters. The Kier molecular flexibility index (Phi) is 17.0. The molecular formula is C36H51N12O16S4+. The minimum Gasteiger partial charge on any atom is -0.396 e. The molecule has 5 rings (SSSR count). The zero-order chi connectivity index (χ0) is 50.3. The molecule has 2 aromatic carbocycles. The van der Waals surface area contributed by atoms with E-state index in [-0.39, 0.29) is 122 Å². The van der Waals surface area contributed by atoms with E-state index in [0.29, 0.717) is 6.54 Å². The normalized spacial score (nSPS) is 18.0. The zero-order valence-corrected chi connectivity index (χ0v) is 39.5. The van der Waals surface area contributed by atoms with Crippen molar-refractivity contribution in [3.8, 4) is 0 Å². The molecule has 1 aliphatic rings. The van der Waals surface area contributed by atoms with Gasteiger partial charge in [-0.3, -0.25) is 18.2 Å². The summed E-state index contributed by atoms with van der Waals surface area (Å²) >= 11 is 0. The Balaban J connectivity index is 1.46. The lowest BCUT2D eigenvalue weighted by Gasteiger charge is -2.23. The van der Waals surface area contributed by atoms with Crippen molar-refractivity contribution in [1.82, 2.24) is 34.4 Å². The lowest BCUT2D eigenvalue weighted by Crippen LogP contribution is -2.38. The first-order valence-corrected chi connectivity index (χ1v) is 26.2. The largest absolute Gasteiger partial charge is 0.396 e. The summed E-state index contributed by atoms with van der Waals surface area (Å²) in [6, 6.07) is 7.16. The van der Waals surface area contributed by atoms with Crippen LogP contribution in [0.2, 0.25) is 0 Å².